The summed E-state index contributed by atoms with van der Waals surface area (Å²) in [7, 11) is 0. The number of rotatable bonds is 5. The molecule has 41 heavy (non-hydrogen) atoms. The molecular formula is C32H28FN3O5. The molecule has 2 aliphatic rings. The summed E-state index contributed by atoms with van der Waals surface area (Å²) in [5, 5.41) is 13.3. The molecule has 0 spiro atoms. The Balaban J connectivity index is 1.28. The predicted octanol–water partition coefficient (Wildman–Crippen LogP) is 5.30. The van der Waals surface area contributed by atoms with Crippen LogP contribution in [-0.4, -0.2) is 55.7 Å². The average molecular weight is 554 g/mol. The molecule has 1 aromatic heterocycles. The minimum Gasteiger partial charge on any atom is -0.489 e. The Hall–Kier alpha value is -4.68. The van der Waals surface area contributed by atoms with Gasteiger partial charge in [-0.2, -0.15) is 5.26 Å². The van der Waals surface area contributed by atoms with E-state index in [9.17, 15) is 14.9 Å². The van der Waals surface area contributed by atoms with Crippen molar-refractivity contribution in [3.8, 4) is 34.3 Å². The zero-order chi connectivity index (χ0) is 28.3. The molecule has 4 aromatic rings. The van der Waals surface area contributed by atoms with Crippen LogP contribution in [0.5, 0.6) is 5.75 Å². The Morgan fingerprint density at radius 1 is 1.05 bits per heavy atom. The lowest BCUT2D eigenvalue weighted by atomic mass is 10.0. The average Bonchev–Trinajstić information content (AvgIpc) is 3.31. The first-order chi connectivity index (χ1) is 20.0. The number of nitrogens with zero attached hydrogens (tertiary/aromatic N) is 2. The van der Waals surface area contributed by atoms with Gasteiger partial charge in [-0.25, -0.2) is 4.39 Å². The SMILES string of the molecule is N#Cc1cc(-c2cccc3cc(-c4ccc(C(=O)N5CCNC(=O)CC5)cc4F)oc23)ccc1OC1CCOCC1. The number of carbonyl (C=O) groups is 2. The van der Waals surface area contributed by atoms with E-state index >= 15 is 4.39 Å². The highest BCUT2D eigenvalue weighted by Gasteiger charge is 2.22. The molecule has 8 nitrogen and oxygen atoms in total. The van der Waals surface area contributed by atoms with Crippen LogP contribution in [0.2, 0.25) is 0 Å². The lowest BCUT2D eigenvalue weighted by Gasteiger charge is -2.23. The Morgan fingerprint density at radius 2 is 1.90 bits per heavy atom. The molecule has 3 heterocycles. The van der Waals surface area contributed by atoms with Gasteiger partial charge in [0.05, 0.1) is 24.3 Å². The van der Waals surface area contributed by atoms with Crippen molar-refractivity contribution in [2.24, 2.45) is 0 Å². The summed E-state index contributed by atoms with van der Waals surface area (Å²) in [5.74, 6) is -0.142. The number of hydrogen-bond donors (Lipinski definition) is 1. The van der Waals surface area contributed by atoms with Gasteiger partial charge in [-0.15, -0.1) is 0 Å². The van der Waals surface area contributed by atoms with Crippen LogP contribution in [0.25, 0.3) is 33.4 Å². The Bertz CT molecular complexity index is 1670. The van der Waals surface area contributed by atoms with Crippen molar-refractivity contribution >= 4 is 22.8 Å². The summed E-state index contributed by atoms with van der Waals surface area (Å²) < 4.78 is 33.0. The number of amides is 2. The highest BCUT2D eigenvalue weighted by Crippen LogP contribution is 2.37. The molecule has 2 amide bonds. The zero-order valence-electron chi connectivity index (χ0n) is 22.3. The molecule has 2 aliphatic heterocycles. The number of ether oxygens (including phenoxy) is 2. The molecule has 6 rings (SSSR count). The Morgan fingerprint density at radius 3 is 2.71 bits per heavy atom. The van der Waals surface area contributed by atoms with E-state index in [0.29, 0.717) is 49.0 Å². The number of nitriles is 1. The van der Waals surface area contributed by atoms with Crippen molar-refractivity contribution in [1.82, 2.24) is 10.2 Å². The van der Waals surface area contributed by atoms with E-state index < -0.39 is 5.82 Å². The largest absolute Gasteiger partial charge is 0.489 e. The quantitative estimate of drug-likeness (QED) is 0.360. The van der Waals surface area contributed by atoms with E-state index in [1.54, 1.807) is 29.2 Å². The molecule has 0 aliphatic carbocycles. The van der Waals surface area contributed by atoms with Crippen LogP contribution >= 0.6 is 0 Å². The van der Waals surface area contributed by atoms with Gasteiger partial charge in [-0.3, -0.25) is 9.59 Å². The predicted molar refractivity (Wildman–Crippen MR) is 150 cm³/mol. The van der Waals surface area contributed by atoms with E-state index in [0.717, 1.165) is 29.4 Å². The van der Waals surface area contributed by atoms with Crippen LogP contribution < -0.4 is 10.1 Å². The van der Waals surface area contributed by atoms with E-state index in [1.165, 1.54) is 12.1 Å². The van der Waals surface area contributed by atoms with Gasteiger partial charge in [0.25, 0.3) is 5.91 Å². The van der Waals surface area contributed by atoms with Gasteiger partial charge in [0.15, 0.2) is 0 Å². The molecule has 0 radical (unpaired) electrons. The molecule has 208 valence electrons. The molecule has 9 heteroatoms. The second-order valence-electron chi connectivity index (χ2n) is 10.2. The van der Waals surface area contributed by atoms with Gasteiger partial charge < -0.3 is 24.1 Å². The van der Waals surface area contributed by atoms with Crippen LogP contribution in [-0.2, 0) is 9.53 Å². The molecule has 3 aromatic carbocycles. The summed E-state index contributed by atoms with van der Waals surface area (Å²) in [6.07, 6.45) is 1.79. The second-order valence-corrected chi connectivity index (χ2v) is 10.2. The van der Waals surface area contributed by atoms with Gasteiger partial charge in [0.2, 0.25) is 5.91 Å². The molecule has 1 N–H and O–H groups in total. The first kappa shape index (κ1) is 26.5. The van der Waals surface area contributed by atoms with Crippen LogP contribution in [0.1, 0.15) is 35.2 Å². The third-order valence-corrected chi connectivity index (χ3v) is 7.50. The third kappa shape index (κ3) is 5.52. The minimum atomic E-state index is -0.582. The maximum Gasteiger partial charge on any atom is 0.254 e. The van der Waals surface area contributed by atoms with E-state index in [1.807, 2.05) is 24.3 Å². The van der Waals surface area contributed by atoms with Gasteiger partial charge in [-0.05, 0) is 42.0 Å². The van der Waals surface area contributed by atoms with Gasteiger partial charge in [0, 0.05) is 55.4 Å². The molecule has 0 bridgehead atoms. The minimum absolute atomic E-state index is 0.0138. The number of furan rings is 1. The summed E-state index contributed by atoms with van der Waals surface area (Å²) in [4.78, 5) is 26.1. The fourth-order valence-electron chi connectivity index (χ4n) is 5.28. The fourth-order valence-corrected chi connectivity index (χ4v) is 5.28. The molecule has 2 fully saturated rings. The van der Waals surface area contributed by atoms with Crippen LogP contribution in [0, 0.1) is 17.1 Å². The maximum atomic E-state index is 15.3. The Labute approximate surface area is 236 Å². The molecule has 0 atom stereocenters. The van der Waals surface area contributed by atoms with Crippen molar-refractivity contribution in [1.29, 1.82) is 5.26 Å². The number of fused-ring (bicyclic) bond motifs is 1. The highest BCUT2D eigenvalue weighted by molar-refractivity contribution is 5.97. The van der Waals surface area contributed by atoms with E-state index in [4.69, 9.17) is 13.9 Å². The lowest BCUT2D eigenvalue weighted by molar-refractivity contribution is -0.120. The first-order valence-electron chi connectivity index (χ1n) is 13.7. The molecular weight excluding hydrogens is 525 g/mol. The van der Waals surface area contributed by atoms with Crippen molar-refractivity contribution in [3.05, 3.63) is 77.6 Å². The number of carbonyl (C=O) groups excluding carboxylic acids is 2. The topological polar surface area (TPSA) is 105 Å². The highest BCUT2D eigenvalue weighted by atomic mass is 19.1. The Kier molecular flexibility index (Phi) is 7.40. The standard InChI is InChI=1S/C32H28FN3O5/c33-27-17-22(32(38)36-12-8-30(37)35-11-13-36)4-6-26(27)29-18-21-2-1-3-25(31(21)41-29)20-5-7-28(23(16-20)19-34)40-24-9-14-39-15-10-24/h1-7,16-18,24H,8-15H2,(H,35,37). The lowest BCUT2D eigenvalue weighted by Crippen LogP contribution is -2.34. The first-order valence-corrected chi connectivity index (χ1v) is 13.7. The van der Waals surface area contributed by atoms with Crippen LogP contribution in [0.4, 0.5) is 4.39 Å². The number of para-hydroxylation sites is 1. The molecule has 0 unspecified atom stereocenters. The van der Waals surface area contributed by atoms with Crippen molar-refractivity contribution < 1.29 is 27.9 Å². The zero-order valence-corrected chi connectivity index (χ0v) is 22.3. The molecule has 2 saturated heterocycles. The monoisotopic (exact) mass is 553 g/mol. The normalized spacial score (nSPS) is 16.2. The van der Waals surface area contributed by atoms with Crippen molar-refractivity contribution in [3.63, 3.8) is 0 Å². The smallest absolute Gasteiger partial charge is 0.254 e. The maximum absolute atomic E-state index is 15.3. The third-order valence-electron chi connectivity index (χ3n) is 7.50. The van der Waals surface area contributed by atoms with Crippen molar-refractivity contribution in [2.45, 2.75) is 25.4 Å². The number of nitrogens with one attached hydrogen (secondary N) is 1. The van der Waals surface area contributed by atoms with Gasteiger partial charge in [-0.1, -0.05) is 24.3 Å². The van der Waals surface area contributed by atoms with Gasteiger partial charge >= 0.3 is 0 Å². The summed E-state index contributed by atoms with van der Waals surface area (Å²) in [5.41, 5.74) is 2.97. The van der Waals surface area contributed by atoms with E-state index in [2.05, 4.69) is 11.4 Å². The van der Waals surface area contributed by atoms with Crippen molar-refractivity contribution in [2.75, 3.05) is 32.8 Å². The number of halogens is 1. The van der Waals surface area contributed by atoms with Gasteiger partial charge in [0.1, 0.15) is 35.1 Å². The summed E-state index contributed by atoms with van der Waals surface area (Å²) in [6, 6.07) is 19.4. The summed E-state index contributed by atoms with van der Waals surface area (Å²) >= 11 is 0. The van der Waals surface area contributed by atoms with Crippen LogP contribution in [0.15, 0.2) is 65.1 Å². The summed E-state index contributed by atoms with van der Waals surface area (Å²) in [6.45, 7) is 2.32. The van der Waals surface area contributed by atoms with E-state index in [-0.39, 0.29) is 42.0 Å². The van der Waals surface area contributed by atoms with Crippen LogP contribution in [0.3, 0.4) is 0 Å². The number of benzene rings is 3. The number of hydrogen-bond acceptors (Lipinski definition) is 6. The molecule has 0 saturated carbocycles. The fraction of sp³-hybridized carbons (Fsp3) is 0.281. The second kappa shape index (κ2) is 11.4.